The zero-order valence-electron chi connectivity index (χ0n) is 11.8. The molecule has 3 heteroatoms. The maximum absolute atomic E-state index is 3.55. The van der Waals surface area contributed by atoms with Crippen LogP contribution in [0.1, 0.15) is 31.4 Å². The van der Waals surface area contributed by atoms with Crippen molar-refractivity contribution in [1.29, 1.82) is 0 Å². The van der Waals surface area contributed by atoms with E-state index >= 15 is 0 Å². The van der Waals surface area contributed by atoms with Crippen LogP contribution in [0.5, 0.6) is 0 Å². The molecule has 2 aliphatic heterocycles. The Bertz CT molecular complexity index is 400. The normalized spacial score (nSPS) is 32.6. The van der Waals surface area contributed by atoms with E-state index in [-0.39, 0.29) is 0 Å². The molecule has 19 heavy (non-hydrogen) atoms. The first-order valence-electron chi connectivity index (χ1n) is 7.41. The van der Waals surface area contributed by atoms with E-state index in [2.05, 4.69) is 59.2 Å². The van der Waals surface area contributed by atoms with Gasteiger partial charge in [-0.2, -0.15) is 11.8 Å². The van der Waals surface area contributed by atoms with Gasteiger partial charge >= 0.3 is 0 Å². The molecule has 2 atom stereocenters. The number of thioether (sulfide) groups is 1. The molecule has 1 N–H and O–H groups in total. The number of rotatable bonds is 3. The molecule has 0 radical (unpaired) electrons. The maximum atomic E-state index is 3.55. The summed E-state index contributed by atoms with van der Waals surface area (Å²) in [5, 5.41) is 3.55. The molecule has 0 saturated carbocycles. The minimum atomic E-state index is 0.477. The molecule has 104 valence electrons. The molecule has 1 aromatic rings. The lowest BCUT2D eigenvalue weighted by Gasteiger charge is -2.40. The second kappa shape index (κ2) is 5.86. The molecular formula is C16H24N2S. The number of nitrogens with one attached hydrogen (secondary N) is 1. The molecule has 2 fully saturated rings. The van der Waals surface area contributed by atoms with Crippen LogP contribution in [0.25, 0.3) is 0 Å². The molecule has 3 rings (SSSR count). The zero-order chi connectivity index (χ0) is 13.1. The summed E-state index contributed by atoms with van der Waals surface area (Å²) in [6.45, 7) is 7.08. The summed E-state index contributed by atoms with van der Waals surface area (Å²) in [6, 6.07) is 11.5. The lowest BCUT2D eigenvalue weighted by atomic mass is 9.99. The monoisotopic (exact) mass is 276 g/mol. The van der Waals surface area contributed by atoms with Gasteiger partial charge in [-0.3, -0.25) is 4.90 Å². The van der Waals surface area contributed by atoms with E-state index in [9.17, 15) is 0 Å². The number of hydrogen-bond acceptors (Lipinski definition) is 3. The average molecular weight is 276 g/mol. The Morgan fingerprint density at radius 3 is 2.95 bits per heavy atom. The first-order chi connectivity index (χ1) is 9.27. The lowest BCUT2D eigenvalue weighted by Crippen LogP contribution is -2.50. The van der Waals surface area contributed by atoms with Crippen LogP contribution in [0.15, 0.2) is 30.3 Å². The Morgan fingerprint density at radius 2 is 2.21 bits per heavy atom. The van der Waals surface area contributed by atoms with Crippen LogP contribution in [0.3, 0.4) is 0 Å². The standard InChI is InChI=1S/C16H24N2S/c1-16(8-5-11-19-16)13-18-10-9-17-12-15(18)14-6-3-2-4-7-14/h2-4,6-7,15,17H,5,8-13H2,1H3. The summed E-state index contributed by atoms with van der Waals surface area (Å²) in [4.78, 5) is 2.70. The molecule has 0 amide bonds. The first kappa shape index (κ1) is 13.5. The Balaban J connectivity index is 1.74. The third-order valence-electron chi connectivity index (χ3n) is 4.38. The van der Waals surface area contributed by atoms with E-state index in [4.69, 9.17) is 0 Å². The quantitative estimate of drug-likeness (QED) is 0.914. The fourth-order valence-corrected chi connectivity index (χ4v) is 4.66. The summed E-state index contributed by atoms with van der Waals surface area (Å²) in [6.07, 6.45) is 2.77. The molecule has 2 saturated heterocycles. The van der Waals surface area contributed by atoms with Crippen LogP contribution >= 0.6 is 11.8 Å². The third kappa shape index (κ3) is 3.15. The smallest absolute Gasteiger partial charge is 0.0473 e. The Hall–Kier alpha value is -0.510. The fourth-order valence-electron chi connectivity index (χ4n) is 3.33. The van der Waals surface area contributed by atoms with E-state index in [1.165, 1.54) is 37.2 Å². The molecule has 2 aliphatic rings. The van der Waals surface area contributed by atoms with E-state index in [1.807, 2.05) is 0 Å². The van der Waals surface area contributed by atoms with Crippen LogP contribution in [-0.4, -0.2) is 41.6 Å². The number of nitrogens with zero attached hydrogens (tertiary/aromatic N) is 1. The topological polar surface area (TPSA) is 15.3 Å². The second-order valence-electron chi connectivity index (χ2n) is 6.00. The number of piperazine rings is 1. The van der Waals surface area contributed by atoms with E-state index < -0.39 is 0 Å². The largest absolute Gasteiger partial charge is 0.314 e. The predicted molar refractivity (Wildman–Crippen MR) is 83.7 cm³/mol. The van der Waals surface area contributed by atoms with Crippen molar-refractivity contribution >= 4 is 11.8 Å². The van der Waals surface area contributed by atoms with Gasteiger partial charge in [0.15, 0.2) is 0 Å². The SMILES string of the molecule is CC1(CN2CCNCC2c2ccccc2)CCCS1. The van der Waals surface area contributed by atoms with Crippen LogP contribution in [-0.2, 0) is 0 Å². The van der Waals surface area contributed by atoms with Gasteiger partial charge in [-0.05, 0) is 31.1 Å². The van der Waals surface area contributed by atoms with Gasteiger partial charge in [-0.15, -0.1) is 0 Å². The average Bonchev–Trinajstić information content (AvgIpc) is 2.87. The Morgan fingerprint density at radius 1 is 1.37 bits per heavy atom. The van der Waals surface area contributed by atoms with Gasteiger partial charge < -0.3 is 5.32 Å². The van der Waals surface area contributed by atoms with E-state index in [0.717, 1.165) is 13.1 Å². The maximum Gasteiger partial charge on any atom is 0.0473 e. The highest BCUT2D eigenvalue weighted by molar-refractivity contribution is 8.00. The van der Waals surface area contributed by atoms with Crippen LogP contribution in [0.4, 0.5) is 0 Å². The van der Waals surface area contributed by atoms with Gasteiger partial charge in [0, 0.05) is 37.0 Å². The van der Waals surface area contributed by atoms with Crippen LogP contribution in [0.2, 0.25) is 0 Å². The lowest BCUT2D eigenvalue weighted by molar-refractivity contribution is 0.148. The minimum absolute atomic E-state index is 0.477. The van der Waals surface area contributed by atoms with Crippen LogP contribution < -0.4 is 5.32 Å². The van der Waals surface area contributed by atoms with E-state index in [1.54, 1.807) is 0 Å². The molecule has 0 spiro atoms. The van der Waals surface area contributed by atoms with Gasteiger partial charge in [-0.1, -0.05) is 30.3 Å². The molecule has 1 aromatic carbocycles. The summed E-state index contributed by atoms with van der Waals surface area (Å²) >= 11 is 2.17. The molecule has 2 unspecified atom stereocenters. The predicted octanol–water partition coefficient (Wildman–Crippen LogP) is 2.92. The van der Waals surface area contributed by atoms with Crippen molar-refractivity contribution in [3.63, 3.8) is 0 Å². The summed E-state index contributed by atoms with van der Waals surface area (Å²) in [5.41, 5.74) is 1.46. The molecular weight excluding hydrogens is 252 g/mol. The summed E-state index contributed by atoms with van der Waals surface area (Å²) < 4.78 is 0.477. The molecule has 0 bridgehead atoms. The highest BCUT2D eigenvalue weighted by Gasteiger charge is 2.34. The minimum Gasteiger partial charge on any atom is -0.314 e. The fraction of sp³-hybridized carbons (Fsp3) is 0.625. The molecule has 2 nitrogen and oxygen atoms in total. The van der Waals surface area contributed by atoms with Crippen molar-refractivity contribution in [3.8, 4) is 0 Å². The van der Waals surface area contributed by atoms with Crippen molar-refractivity contribution in [3.05, 3.63) is 35.9 Å². The van der Waals surface area contributed by atoms with Crippen molar-refractivity contribution in [1.82, 2.24) is 10.2 Å². The highest BCUT2D eigenvalue weighted by atomic mass is 32.2. The third-order valence-corrected chi connectivity index (χ3v) is 5.90. The zero-order valence-corrected chi connectivity index (χ0v) is 12.6. The van der Waals surface area contributed by atoms with Crippen LogP contribution in [0, 0.1) is 0 Å². The Kier molecular flexibility index (Phi) is 4.15. The molecule has 0 aliphatic carbocycles. The second-order valence-corrected chi connectivity index (χ2v) is 7.69. The van der Waals surface area contributed by atoms with Crippen molar-refractivity contribution in [2.24, 2.45) is 0 Å². The van der Waals surface area contributed by atoms with Crippen molar-refractivity contribution < 1.29 is 0 Å². The first-order valence-corrected chi connectivity index (χ1v) is 8.39. The van der Waals surface area contributed by atoms with Gasteiger partial charge in [0.05, 0.1) is 0 Å². The van der Waals surface area contributed by atoms with Gasteiger partial charge in [-0.25, -0.2) is 0 Å². The Labute approximate surface area is 121 Å². The summed E-state index contributed by atoms with van der Waals surface area (Å²) in [5.74, 6) is 1.35. The number of hydrogen-bond donors (Lipinski definition) is 1. The molecule has 0 aromatic heterocycles. The van der Waals surface area contributed by atoms with Crippen molar-refractivity contribution in [2.45, 2.75) is 30.6 Å². The van der Waals surface area contributed by atoms with Gasteiger partial charge in [0.2, 0.25) is 0 Å². The van der Waals surface area contributed by atoms with E-state index in [0.29, 0.717) is 10.8 Å². The number of benzene rings is 1. The van der Waals surface area contributed by atoms with Gasteiger partial charge in [0.1, 0.15) is 0 Å². The summed E-state index contributed by atoms with van der Waals surface area (Å²) in [7, 11) is 0. The van der Waals surface area contributed by atoms with Gasteiger partial charge in [0.25, 0.3) is 0 Å². The highest BCUT2D eigenvalue weighted by Crippen LogP contribution is 2.39. The van der Waals surface area contributed by atoms with Crippen molar-refractivity contribution in [2.75, 3.05) is 31.9 Å². The molecule has 2 heterocycles.